The molecule has 1 aliphatic rings. The van der Waals surface area contributed by atoms with Crippen molar-refractivity contribution in [1.29, 1.82) is 0 Å². The molecule has 2 N–H and O–H groups in total. The highest BCUT2D eigenvalue weighted by atomic mass is 35.5. The fourth-order valence-corrected chi connectivity index (χ4v) is 1.93. The number of ether oxygens (including phenoxy) is 1. The van der Waals surface area contributed by atoms with Gasteiger partial charge >= 0.3 is 0 Å². The predicted octanol–water partition coefficient (Wildman–Crippen LogP) is 1.03. The number of hydrogen-bond acceptors (Lipinski definition) is 4. The highest BCUT2D eigenvalue weighted by Crippen LogP contribution is 2.26. The van der Waals surface area contributed by atoms with Crippen LogP contribution in [0.2, 0.25) is 5.02 Å². The number of hydrogen-bond donors (Lipinski definition) is 1. The van der Waals surface area contributed by atoms with Crippen LogP contribution >= 0.6 is 11.6 Å². The highest BCUT2D eigenvalue weighted by molar-refractivity contribution is 6.33. The molecule has 0 saturated carbocycles. The van der Waals surface area contributed by atoms with Gasteiger partial charge < -0.3 is 15.4 Å². The normalized spacial score (nSPS) is 16.8. The van der Waals surface area contributed by atoms with Gasteiger partial charge in [0.15, 0.2) is 0 Å². The monoisotopic (exact) mass is 227 g/mol. The fraction of sp³-hybridized carbons (Fsp3) is 0.500. The Hall–Kier alpha value is -0.840. The number of nitrogens with two attached hydrogens (primary N) is 1. The van der Waals surface area contributed by atoms with E-state index in [0.29, 0.717) is 11.6 Å². The summed E-state index contributed by atoms with van der Waals surface area (Å²) in [6.07, 6.45) is 1.75. The topological polar surface area (TPSA) is 51.4 Å². The van der Waals surface area contributed by atoms with Crippen LogP contribution in [0.3, 0.4) is 0 Å². The first-order valence-electron chi connectivity index (χ1n) is 4.99. The molecule has 0 aliphatic carbocycles. The van der Waals surface area contributed by atoms with Crippen LogP contribution in [0.4, 0.5) is 5.82 Å². The van der Waals surface area contributed by atoms with E-state index in [1.165, 1.54) is 0 Å². The summed E-state index contributed by atoms with van der Waals surface area (Å²) in [5.41, 5.74) is 6.53. The molecular weight excluding hydrogens is 214 g/mol. The number of morpholine rings is 1. The average molecular weight is 228 g/mol. The van der Waals surface area contributed by atoms with E-state index < -0.39 is 0 Å². The van der Waals surface area contributed by atoms with Gasteiger partial charge in [-0.2, -0.15) is 0 Å². The summed E-state index contributed by atoms with van der Waals surface area (Å²) in [7, 11) is 0. The number of pyridine rings is 1. The van der Waals surface area contributed by atoms with Gasteiger partial charge in [0.2, 0.25) is 0 Å². The van der Waals surface area contributed by atoms with Crippen LogP contribution < -0.4 is 10.6 Å². The Morgan fingerprint density at radius 2 is 2.20 bits per heavy atom. The zero-order valence-corrected chi connectivity index (χ0v) is 9.20. The largest absolute Gasteiger partial charge is 0.378 e. The number of anilines is 1. The van der Waals surface area contributed by atoms with Crippen molar-refractivity contribution in [3.8, 4) is 0 Å². The first-order chi connectivity index (χ1) is 7.33. The molecule has 0 spiro atoms. The molecule has 15 heavy (non-hydrogen) atoms. The highest BCUT2D eigenvalue weighted by Gasteiger charge is 2.16. The summed E-state index contributed by atoms with van der Waals surface area (Å²) in [5, 5.41) is 0.668. The van der Waals surface area contributed by atoms with E-state index >= 15 is 0 Å². The second-order valence-electron chi connectivity index (χ2n) is 3.41. The van der Waals surface area contributed by atoms with Gasteiger partial charge in [-0.3, -0.25) is 0 Å². The minimum Gasteiger partial charge on any atom is -0.378 e. The molecule has 4 nitrogen and oxygen atoms in total. The molecule has 1 fully saturated rings. The maximum atomic E-state index is 6.22. The number of rotatable bonds is 2. The number of nitrogens with zero attached hydrogens (tertiary/aromatic N) is 2. The standard InChI is InChI=1S/C10H14ClN3O/c11-9-8(7-12)1-2-13-10(9)14-3-5-15-6-4-14/h1-2H,3-7,12H2. The molecule has 0 unspecified atom stereocenters. The Bertz CT molecular complexity index is 339. The molecule has 1 aromatic rings. The maximum Gasteiger partial charge on any atom is 0.147 e. The van der Waals surface area contributed by atoms with Crippen LogP contribution in [-0.2, 0) is 11.3 Å². The first-order valence-corrected chi connectivity index (χ1v) is 5.37. The predicted molar refractivity (Wildman–Crippen MR) is 60.2 cm³/mol. The lowest BCUT2D eigenvalue weighted by Crippen LogP contribution is -2.37. The summed E-state index contributed by atoms with van der Waals surface area (Å²) < 4.78 is 5.28. The van der Waals surface area contributed by atoms with Crippen LogP contribution in [-0.4, -0.2) is 31.3 Å². The number of halogens is 1. The molecule has 1 aliphatic heterocycles. The van der Waals surface area contributed by atoms with Crippen molar-refractivity contribution < 1.29 is 4.74 Å². The first kappa shape index (κ1) is 10.7. The second kappa shape index (κ2) is 4.79. The van der Waals surface area contributed by atoms with Crippen molar-refractivity contribution in [1.82, 2.24) is 4.98 Å². The van der Waals surface area contributed by atoms with E-state index in [4.69, 9.17) is 22.1 Å². The van der Waals surface area contributed by atoms with E-state index in [1.807, 2.05) is 6.07 Å². The van der Waals surface area contributed by atoms with Crippen molar-refractivity contribution in [3.05, 3.63) is 22.8 Å². The van der Waals surface area contributed by atoms with Gasteiger partial charge in [-0.1, -0.05) is 11.6 Å². The van der Waals surface area contributed by atoms with Gasteiger partial charge in [0, 0.05) is 25.8 Å². The molecule has 0 amide bonds. The smallest absolute Gasteiger partial charge is 0.147 e. The second-order valence-corrected chi connectivity index (χ2v) is 3.79. The van der Waals surface area contributed by atoms with Crippen LogP contribution in [0.5, 0.6) is 0 Å². The van der Waals surface area contributed by atoms with Crippen LogP contribution in [0.15, 0.2) is 12.3 Å². The summed E-state index contributed by atoms with van der Waals surface area (Å²) in [6.45, 7) is 3.57. The summed E-state index contributed by atoms with van der Waals surface area (Å²) in [4.78, 5) is 6.42. The van der Waals surface area contributed by atoms with Crippen molar-refractivity contribution in [2.45, 2.75) is 6.54 Å². The summed E-state index contributed by atoms with van der Waals surface area (Å²) in [5.74, 6) is 0.822. The minimum atomic E-state index is 0.443. The van der Waals surface area contributed by atoms with E-state index in [9.17, 15) is 0 Å². The van der Waals surface area contributed by atoms with Crippen molar-refractivity contribution in [2.24, 2.45) is 5.73 Å². The van der Waals surface area contributed by atoms with Crippen LogP contribution in [0.25, 0.3) is 0 Å². The van der Waals surface area contributed by atoms with Crippen LogP contribution in [0.1, 0.15) is 5.56 Å². The molecule has 0 atom stereocenters. The minimum absolute atomic E-state index is 0.443. The molecule has 1 aromatic heterocycles. The maximum absolute atomic E-state index is 6.22. The van der Waals surface area contributed by atoms with Gasteiger partial charge in [0.1, 0.15) is 5.82 Å². The molecule has 1 saturated heterocycles. The Kier molecular flexibility index (Phi) is 3.41. The SMILES string of the molecule is NCc1ccnc(N2CCOCC2)c1Cl. The molecule has 82 valence electrons. The van der Waals surface area contributed by atoms with E-state index in [2.05, 4.69) is 9.88 Å². The summed E-state index contributed by atoms with van der Waals surface area (Å²) >= 11 is 6.22. The van der Waals surface area contributed by atoms with Crippen molar-refractivity contribution in [3.63, 3.8) is 0 Å². The Balaban J connectivity index is 2.26. The molecule has 2 heterocycles. The molecule has 0 bridgehead atoms. The van der Waals surface area contributed by atoms with Crippen LogP contribution in [0, 0.1) is 0 Å². The molecular formula is C10H14ClN3O. The Morgan fingerprint density at radius 1 is 1.47 bits per heavy atom. The summed E-state index contributed by atoms with van der Waals surface area (Å²) in [6, 6.07) is 1.85. The Morgan fingerprint density at radius 3 is 2.87 bits per heavy atom. The third-order valence-corrected chi connectivity index (χ3v) is 2.89. The third kappa shape index (κ3) is 2.22. The zero-order chi connectivity index (χ0) is 10.7. The fourth-order valence-electron chi connectivity index (χ4n) is 1.62. The van der Waals surface area contributed by atoms with Crippen molar-refractivity contribution in [2.75, 3.05) is 31.2 Å². The third-order valence-electron chi connectivity index (χ3n) is 2.48. The van der Waals surface area contributed by atoms with E-state index in [0.717, 1.165) is 37.7 Å². The van der Waals surface area contributed by atoms with Gasteiger partial charge in [-0.05, 0) is 11.6 Å². The van der Waals surface area contributed by atoms with E-state index in [-0.39, 0.29) is 0 Å². The van der Waals surface area contributed by atoms with Gasteiger partial charge in [0.05, 0.1) is 18.2 Å². The molecule has 2 rings (SSSR count). The van der Waals surface area contributed by atoms with Gasteiger partial charge in [-0.15, -0.1) is 0 Å². The molecule has 0 radical (unpaired) electrons. The lowest BCUT2D eigenvalue weighted by Gasteiger charge is -2.28. The molecule has 5 heteroatoms. The average Bonchev–Trinajstić information content (AvgIpc) is 2.30. The van der Waals surface area contributed by atoms with Gasteiger partial charge in [0.25, 0.3) is 0 Å². The lowest BCUT2D eigenvalue weighted by molar-refractivity contribution is 0.122. The molecule has 0 aromatic carbocycles. The lowest BCUT2D eigenvalue weighted by atomic mass is 10.2. The number of aromatic nitrogens is 1. The Labute approximate surface area is 94.0 Å². The zero-order valence-electron chi connectivity index (χ0n) is 8.45. The van der Waals surface area contributed by atoms with Crippen molar-refractivity contribution >= 4 is 17.4 Å². The quantitative estimate of drug-likeness (QED) is 0.820. The van der Waals surface area contributed by atoms with E-state index in [1.54, 1.807) is 6.20 Å². The van der Waals surface area contributed by atoms with Gasteiger partial charge in [-0.25, -0.2) is 4.98 Å².